The molecule has 0 radical (unpaired) electrons. The highest BCUT2D eigenvalue weighted by Gasteiger charge is 2.25. The van der Waals surface area contributed by atoms with Crippen molar-refractivity contribution in [1.29, 1.82) is 0 Å². The zero-order chi connectivity index (χ0) is 21.7. The normalized spacial score (nSPS) is 22.4. The lowest BCUT2D eigenvalue weighted by molar-refractivity contribution is 0.307. The number of likely N-dealkylation sites (tertiary alicyclic amines) is 2. The van der Waals surface area contributed by atoms with Crippen molar-refractivity contribution in [2.24, 2.45) is 0 Å². The Morgan fingerprint density at radius 3 is 2.62 bits per heavy atom. The first-order valence-electron chi connectivity index (χ1n) is 12.1. The summed E-state index contributed by atoms with van der Waals surface area (Å²) >= 11 is 0. The molecule has 2 aliphatic rings. The Morgan fingerprint density at radius 2 is 1.81 bits per heavy atom. The van der Waals surface area contributed by atoms with Crippen LogP contribution in [0.3, 0.4) is 0 Å². The molecule has 2 fully saturated rings. The monoisotopic (exact) mass is 424 g/mol. The first kappa shape index (κ1) is 20.0. The number of nitrogens with zero attached hydrogens (tertiary/aromatic N) is 3. The maximum atomic E-state index is 4.91. The molecule has 0 saturated carbocycles. The third-order valence-electron chi connectivity index (χ3n) is 7.73. The Kier molecular flexibility index (Phi) is 5.00. The van der Waals surface area contributed by atoms with Gasteiger partial charge in [-0.15, -0.1) is 0 Å². The maximum absolute atomic E-state index is 4.91. The van der Waals surface area contributed by atoms with Crippen molar-refractivity contribution in [1.82, 2.24) is 19.8 Å². The first-order chi connectivity index (χ1) is 15.7. The number of imidazole rings is 1. The van der Waals surface area contributed by atoms with Crippen molar-refractivity contribution < 1.29 is 0 Å². The van der Waals surface area contributed by atoms with Gasteiger partial charge in [-0.25, -0.2) is 4.98 Å². The van der Waals surface area contributed by atoms with E-state index < -0.39 is 0 Å². The quantitative estimate of drug-likeness (QED) is 0.451. The summed E-state index contributed by atoms with van der Waals surface area (Å²) in [4.78, 5) is 13.4. The average Bonchev–Trinajstić information content (AvgIpc) is 3.52. The van der Waals surface area contributed by atoms with E-state index in [1.54, 1.807) is 0 Å². The third kappa shape index (κ3) is 3.52. The van der Waals surface area contributed by atoms with Gasteiger partial charge < -0.3 is 9.88 Å². The Morgan fingerprint density at radius 1 is 0.938 bits per heavy atom. The van der Waals surface area contributed by atoms with Crippen LogP contribution in [0.2, 0.25) is 0 Å². The zero-order valence-corrected chi connectivity index (χ0v) is 19.1. The molecule has 1 N–H and O–H groups in total. The van der Waals surface area contributed by atoms with E-state index in [-0.39, 0.29) is 0 Å². The molecule has 2 unspecified atom stereocenters. The molecule has 0 aliphatic carbocycles. The van der Waals surface area contributed by atoms with E-state index in [0.717, 1.165) is 29.8 Å². The largest absolute Gasteiger partial charge is 0.341 e. The van der Waals surface area contributed by atoms with Crippen molar-refractivity contribution in [3.05, 3.63) is 66.0 Å². The fraction of sp³-hybridized carbons (Fsp3) is 0.393. The van der Waals surface area contributed by atoms with Crippen LogP contribution < -0.4 is 0 Å². The number of rotatable bonds is 4. The summed E-state index contributed by atoms with van der Waals surface area (Å²) in [5, 5.41) is 2.66. The van der Waals surface area contributed by atoms with Gasteiger partial charge in [-0.3, -0.25) is 4.90 Å². The first-order valence-corrected chi connectivity index (χ1v) is 12.1. The molecular formula is C28H32N4. The number of H-pyrrole nitrogens is 1. The molecule has 2 atom stereocenters. The van der Waals surface area contributed by atoms with Crippen molar-refractivity contribution in [2.75, 3.05) is 27.2 Å². The minimum absolute atomic E-state index is 0.417. The van der Waals surface area contributed by atoms with Crippen LogP contribution >= 0.6 is 0 Å². The number of likely N-dealkylation sites (N-methyl/N-ethyl adjacent to an activating group) is 1. The second-order valence-corrected chi connectivity index (χ2v) is 9.83. The fourth-order valence-electron chi connectivity index (χ4n) is 5.83. The van der Waals surface area contributed by atoms with Crippen molar-refractivity contribution in [3.63, 3.8) is 0 Å². The molecule has 32 heavy (non-hydrogen) atoms. The van der Waals surface area contributed by atoms with Gasteiger partial charge in [-0.1, -0.05) is 42.5 Å². The predicted octanol–water partition coefficient (Wildman–Crippen LogP) is 5.79. The molecule has 3 heterocycles. The van der Waals surface area contributed by atoms with Crippen molar-refractivity contribution in [2.45, 2.75) is 44.2 Å². The summed E-state index contributed by atoms with van der Waals surface area (Å²) in [6.45, 7) is 2.39. The van der Waals surface area contributed by atoms with Gasteiger partial charge in [-0.2, -0.15) is 0 Å². The van der Waals surface area contributed by atoms with Crippen LogP contribution in [-0.2, 0) is 6.42 Å². The average molecular weight is 425 g/mol. The number of nitrogens with one attached hydrogen (secondary N) is 1. The number of hydrogen-bond donors (Lipinski definition) is 1. The van der Waals surface area contributed by atoms with E-state index in [0.29, 0.717) is 12.1 Å². The van der Waals surface area contributed by atoms with Crippen LogP contribution in [0.4, 0.5) is 0 Å². The van der Waals surface area contributed by atoms with Crippen LogP contribution in [0, 0.1) is 0 Å². The summed E-state index contributed by atoms with van der Waals surface area (Å²) < 4.78 is 0. The lowest BCUT2D eigenvalue weighted by atomic mass is 9.95. The maximum Gasteiger partial charge on any atom is 0.124 e. The second-order valence-electron chi connectivity index (χ2n) is 9.83. The molecule has 2 aliphatic heterocycles. The Labute approximate surface area is 190 Å². The van der Waals surface area contributed by atoms with Gasteiger partial charge in [0.15, 0.2) is 0 Å². The Hall–Kier alpha value is -2.69. The number of benzene rings is 3. The molecule has 4 heteroatoms. The number of hydrogen-bond acceptors (Lipinski definition) is 3. The Balaban J connectivity index is 1.34. The molecule has 0 bridgehead atoms. The highest BCUT2D eigenvalue weighted by molar-refractivity contribution is 5.98. The molecule has 0 spiro atoms. The lowest BCUT2D eigenvalue weighted by Crippen LogP contribution is -2.26. The van der Waals surface area contributed by atoms with Gasteiger partial charge in [-0.05, 0) is 98.9 Å². The molecule has 6 rings (SSSR count). The molecule has 2 saturated heterocycles. The van der Waals surface area contributed by atoms with Crippen LogP contribution in [-0.4, -0.2) is 53.0 Å². The number of fused-ring (bicyclic) bond motifs is 2. The number of aromatic nitrogens is 2. The van der Waals surface area contributed by atoms with E-state index in [9.17, 15) is 0 Å². The summed E-state index contributed by atoms with van der Waals surface area (Å²) in [6.07, 6.45) is 6.23. The van der Waals surface area contributed by atoms with Gasteiger partial charge in [0, 0.05) is 6.04 Å². The molecule has 4 aromatic rings. The molecule has 3 aromatic carbocycles. The molecule has 0 amide bonds. The minimum atomic E-state index is 0.417. The second kappa shape index (κ2) is 8.02. The highest BCUT2D eigenvalue weighted by Crippen LogP contribution is 2.34. The predicted molar refractivity (Wildman–Crippen MR) is 133 cm³/mol. The lowest BCUT2D eigenvalue weighted by Gasteiger charge is -2.19. The van der Waals surface area contributed by atoms with Crippen LogP contribution in [0.25, 0.3) is 32.9 Å². The van der Waals surface area contributed by atoms with Gasteiger partial charge in [0.25, 0.3) is 0 Å². The molecular weight excluding hydrogens is 392 g/mol. The summed E-state index contributed by atoms with van der Waals surface area (Å²) in [6, 6.07) is 21.5. The van der Waals surface area contributed by atoms with E-state index in [1.807, 2.05) is 0 Å². The fourth-order valence-corrected chi connectivity index (χ4v) is 5.83. The van der Waals surface area contributed by atoms with Crippen LogP contribution in [0.15, 0.2) is 54.6 Å². The van der Waals surface area contributed by atoms with E-state index >= 15 is 0 Å². The topological polar surface area (TPSA) is 35.2 Å². The van der Waals surface area contributed by atoms with Crippen LogP contribution in [0.5, 0.6) is 0 Å². The van der Waals surface area contributed by atoms with Gasteiger partial charge in [0.05, 0.1) is 17.1 Å². The summed E-state index contributed by atoms with van der Waals surface area (Å²) in [5.74, 6) is 1.11. The minimum Gasteiger partial charge on any atom is -0.341 e. The standard InChI is InChI=1S/C28H32N4/c1-31-14-4-7-22(31)17-19-10-12-24-20(16-19)6-3-8-23(24)21-11-13-25-26(18-21)30-28(29-25)27-9-5-15-32(27)2/h3,6,8,10-13,16,18,22,27H,4-5,7,9,14-15,17H2,1-2H3,(H,29,30). The SMILES string of the molecule is CN1CCCC1Cc1ccc2c(-c3ccc4nc(C5CCCN5C)[nH]c4c3)cccc2c1. The molecule has 164 valence electrons. The smallest absolute Gasteiger partial charge is 0.124 e. The van der Waals surface area contributed by atoms with E-state index in [1.165, 1.54) is 59.7 Å². The summed E-state index contributed by atoms with van der Waals surface area (Å²) in [7, 11) is 4.46. The van der Waals surface area contributed by atoms with Gasteiger partial charge >= 0.3 is 0 Å². The van der Waals surface area contributed by atoms with Crippen molar-refractivity contribution >= 4 is 21.8 Å². The number of aromatic amines is 1. The zero-order valence-electron chi connectivity index (χ0n) is 19.1. The highest BCUT2D eigenvalue weighted by atomic mass is 15.2. The van der Waals surface area contributed by atoms with E-state index in [2.05, 4.69) is 83.5 Å². The van der Waals surface area contributed by atoms with Gasteiger partial charge in [0.1, 0.15) is 5.82 Å². The van der Waals surface area contributed by atoms with Crippen LogP contribution in [0.1, 0.15) is 43.1 Å². The van der Waals surface area contributed by atoms with Gasteiger partial charge in [0.2, 0.25) is 0 Å². The third-order valence-corrected chi connectivity index (χ3v) is 7.73. The molecule has 1 aromatic heterocycles. The molecule has 4 nitrogen and oxygen atoms in total. The Bertz CT molecular complexity index is 1270. The van der Waals surface area contributed by atoms with Crippen molar-refractivity contribution in [3.8, 4) is 11.1 Å². The summed E-state index contributed by atoms with van der Waals surface area (Å²) in [5.41, 5.74) is 6.19. The van der Waals surface area contributed by atoms with E-state index in [4.69, 9.17) is 4.98 Å².